The first-order valence-electron chi connectivity index (χ1n) is 12.5. The lowest BCUT2D eigenvalue weighted by molar-refractivity contribution is -0.141. The van der Waals surface area contributed by atoms with Gasteiger partial charge in [0.25, 0.3) is 15.9 Å². The molecule has 3 aromatic rings. The number of alkyl halides is 3. The molecule has 4 heterocycles. The number of nitrogens with zero attached hydrogens (tertiary/aromatic N) is 3. The fourth-order valence-electron chi connectivity index (χ4n) is 4.62. The molecule has 0 aromatic carbocycles. The largest absolute Gasteiger partial charge is 0.433 e. The molecule has 1 aliphatic heterocycles. The first-order chi connectivity index (χ1) is 19.1. The van der Waals surface area contributed by atoms with Gasteiger partial charge >= 0.3 is 6.18 Å². The first-order valence-corrected chi connectivity index (χ1v) is 15.2. The highest BCUT2D eigenvalue weighted by Gasteiger charge is 2.34. The van der Waals surface area contributed by atoms with E-state index in [0.29, 0.717) is 23.4 Å². The normalized spacial score (nSPS) is 17.7. The fraction of sp³-hybridized carbons (Fsp3) is 0.385. The minimum Gasteiger partial charge on any atom is -0.362 e. The predicted octanol–water partition coefficient (Wildman–Crippen LogP) is 5.75. The number of rotatable bonds is 9. The van der Waals surface area contributed by atoms with Crippen molar-refractivity contribution in [1.29, 1.82) is 0 Å². The number of hydrogen-bond donors (Lipinski definition) is 3. The molecule has 1 saturated heterocycles. The van der Waals surface area contributed by atoms with Gasteiger partial charge in [0.05, 0.1) is 17.3 Å². The van der Waals surface area contributed by atoms with Gasteiger partial charge in [0.2, 0.25) is 0 Å². The fourth-order valence-corrected chi connectivity index (χ4v) is 6.21. The third kappa shape index (κ3) is 8.15. The Morgan fingerprint density at radius 3 is 2.54 bits per heavy atom. The lowest BCUT2D eigenvalue weighted by atomic mass is 9.91. The van der Waals surface area contributed by atoms with Crippen LogP contribution in [0.2, 0.25) is 5.15 Å². The van der Waals surface area contributed by atoms with Crippen LogP contribution >= 0.6 is 27.5 Å². The lowest BCUT2D eigenvalue weighted by Gasteiger charge is -2.22. The molecule has 3 aromatic heterocycles. The Kier molecular flexibility index (Phi) is 9.26. The van der Waals surface area contributed by atoms with E-state index in [9.17, 15) is 26.4 Å². The van der Waals surface area contributed by atoms with Crippen LogP contribution in [0, 0.1) is 5.92 Å². The van der Waals surface area contributed by atoms with Crippen molar-refractivity contribution in [3.05, 3.63) is 75.2 Å². The highest BCUT2D eigenvalue weighted by Crippen LogP contribution is 2.33. The number of nitrogens with one attached hydrogen (secondary N) is 3. The van der Waals surface area contributed by atoms with Crippen LogP contribution in [0.3, 0.4) is 0 Å². The second-order valence-corrected chi connectivity index (χ2v) is 13.1. The maximum absolute atomic E-state index is 13.4. The summed E-state index contributed by atoms with van der Waals surface area (Å²) in [6, 6.07) is 9.78. The molecule has 3 N–H and O–H groups in total. The summed E-state index contributed by atoms with van der Waals surface area (Å²) >= 11 is 9.08. The number of anilines is 1. The average molecular weight is 676 g/mol. The van der Waals surface area contributed by atoms with Gasteiger partial charge in [-0.05, 0) is 97.9 Å². The molecule has 0 spiro atoms. The molecule has 1 amide bonds. The minimum absolute atomic E-state index is 0.0345. The lowest BCUT2D eigenvalue weighted by Crippen LogP contribution is -2.31. The monoisotopic (exact) mass is 674 g/mol. The van der Waals surface area contributed by atoms with Crippen molar-refractivity contribution >= 4 is 49.3 Å². The first kappa shape index (κ1) is 31.1. The van der Waals surface area contributed by atoms with E-state index in [1.165, 1.54) is 42.5 Å². The second kappa shape index (κ2) is 12.2. The van der Waals surface area contributed by atoms with Gasteiger partial charge in [-0.1, -0.05) is 23.7 Å². The number of carbonyl (C=O) groups excluding carboxylic acids is 1. The molecule has 220 valence electrons. The number of aromatic nitrogens is 3. The van der Waals surface area contributed by atoms with Gasteiger partial charge in [0.15, 0.2) is 5.03 Å². The Labute approximate surface area is 248 Å². The van der Waals surface area contributed by atoms with E-state index in [4.69, 9.17) is 11.6 Å². The topological polar surface area (TPSA) is 126 Å². The molecule has 15 heteroatoms. The van der Waals surface area contributed by atoms with Crippen molar-refractivity contribution < 1.29 is 26.4 Å². The van der Waals surface area contributed by atoms with Gasteiger partial charge in [-0.25, -0.2) is 19.7 Å². The van der Waals surface area contributed by atoms with Gasteiger partial charge in [0.1, 0.15) is 21.3 Å². The number of amides is 1. The van der Waals surface area contributed by atoms with Gasteiger partial charge < -0.3 is 10.6 Å². The van der Waals surface area contributed by atoms with Crippen LogP contribution in [0.15, 0.2) is 58.2 Å². The van der Waals surface area contributed by atoms with Crippen LogP contribution in [0.25, 0.3) is 0 Å². The van der Waals surface area contributed by atoms with Crippen molar-refractivity contribution in [3.8, 4) is 0 Å². The summed E-state index contributed by atoms with van der Waals surface area (Å²) in [7, 11) is -4.44. The summed E-state index contributed by atoms with van der Waals surface area (Å²) in [5.74, 6) is -0.623. The molecule has 1 aliphatic rings. The van der Waals surface area contributed by atoms with Crippen molar-refractivity contribution in [2.75, 3.05) is 11.9 Å². The van der Waals surface area contributed by atoms with Gasteiger partial charge in [-0.3, -0.25) is 4.79 Å². The van der Waals surface area contributed by atoms with Gasteiger partial charge in [-0.2, -0.15) is 21.6 Å². The number of pyridine rings is 3. The highest BCUT2D eigenvalue weighted by atomic mass is 79.9. The Hall–Kier alpha value is -2.81. The third-order valence-corrected chi connectivity index (χ3v) is 8.52. The smallest absolute Gasteiger partial charge is 0.362 e. The SMILES string of the molecule is CC1(C)CC(CCC(Nc2cccc(S(=O)(=O)NC(=O)c3ccc(Br)nc3Cl)n2)c2cccc(C(F)(F)F)n2)CN1. The zero-order valence-corrected chi connectivity index (χ0v) is 25.1. The second-order valence-electron chi connectivity index (χ2n) is 10.3. The molecule has 1 fully saturated rings. The number of halogens is 5. The van der Waals surface area contributed by atoms with Gasteiger partial charge in [-0.15, -0.1) is 0 Å². The van der Waals surface area contributed by atoms with Crippen molar-refractivity contribution in [2.45, 2.75) is 55.9 Å². The summed E-state index contributed by atoms with van der Waals surface area (Å²) in [5.41, 5.74) is -1.08. The highest BCUT2D eigenvalue weighted by molar-refractivity contribution is 9.10. The van der Waals surface area contributed by atoms with Crippen LogP contribution in [0.1, 0.15) is 60.9 Å². The molecule has 0 bridgehead atoms. The molecule has 41 heavy (non-hydrogen) atoms. The molecule has 0 radical (unpaired) electrons. The van der Waals surface area contributed by atoms with Crippen molar-refractivity contribution in [1.82, 2.24) is 25.0 Å². The maximum atomic E-state index is 13.4. The Morgan fingerprint density at radius 2 is 1.88 bits per heavy atom. The molecule has 2 unspecified atom stereocenters. The summed E-state index contributed by atoms with van der Waals surface area (Å²) in [4.78, 5) is 24.5. The van der Waals surface area contributed by atoms with E-state index in [0.717, 1.165) is 19.0 Å². The van der Waals surface area contributed by atoms with E-state index >= 15 is 0 Å². The van der Waals surface area contributed by atoms with Gasteiger partial charge in [0, 0.05) is 5.54 Å². The molecule has 9 nitrogen and oxygen atoms in total. The van der Waals surface area contributed by atoms with Crippen LogP contribution in [-0.4, -0.2) is 41.4 Å². The molecule has 2 atom stereocenters. The maximum Gasteiger partial charge on any atom is 0.433 e. The molecule has 0 aliphatic carbocycles. The molecular formula is C26H27BrClF3N6O3S. The van der Waals surface area contributed by atoms with Crippen molar-refractivity contribution in [2.24, 2.45) is 5.92 Å². The molecular weight excluding hydrogens is 649 g/mol. The van der Waals surface area contributed by atoms with E-state index in [1.54, 1.807) is 0 Å². The number of carbonyl (C=O) groups is 1. The number of sulfonamides is 1. The van der Waals surface area contributed by atoms with Crippen LogP contribution in [-0.2, 0) is 16.2 Å². The standard InChI is InChI=1S/C26H27BrClF3N6O3S/c1-25(2)13-15(14-32-25)9-11-18(17-5-3-6-19(33-17)26(29,30)31)34-21-7-4-8-22(36-21)41(39,40)37-24(38)16-10-12-20(27)35-23(16)28/h3-8,10,12,15,18,32H,9,11,13-14H2,1-2H3,(H,34,36)(H,37,38). The van der Waals surface area contributed by atoms with Crippen LogP contribution in [0.5, 0.6) is 0 Å². The van der Waals surface area contributed by atoms with Crippen LogP contribution < -0.4 is 15.4 Å². The predicted molar refractivity (Wildman–Crippen MR) is 151 cm³/mol. The zero-order valence-electron chi connectivity index (χ0n) is 22.0. The Morgan fingerprint density at radius 1 is 1.15 bits per heavy atom. The summed E-state index contributed by atoms with van der Waals surface area (Å²) in [6.07, 6.45) is -2.62. The zero-order chi connectivity index (χ0) is 30.0. The number of hydrogen-bond acceptors (Lipinski definition) is 8. The average Bonchev–Trinajstić information content (AvgIpc) is 3.24. The third-order valence-electron chi connectivity index (χ3n) is 6.56. The van der Waals surface area contributed by atoms with E-state index in [-0.39, 0.29) is 27.8 Å². The van der Waals surface area contributed by atoms with Crippen molar-refractivity contribution in [3.63, 3.8) is 0 Å². The Bertz CT molecular complexity index is 1540. The van der Waals surface area contributed by atoms with Crippen LogP contribution in [0.4, 0.5) is 19.0 Å². The Balaban J connectivity index is 1.57. The quantitative estimate of drug-likeness (QED) is 0.245. The van der Waals surface area contributed by atoms with E-state index in [2.05, 4.69) is 55.4 Å². The summed E-state index contributed by atoms with van der Waals surface area (Å²) < 4.78 is 68.5. The minimum atomic E-state index is -4.63. The summed E-state index contributed by atoms with van der Waals surface area (Å²) in [6.45, 7) is 4.96. The van der Waals surface area contributed by atoms with E-state index < -0.39 is 38.9 Å². The van der Waals surface area contributed by atoms with E-state index in [1.807, 2.05) is 4.72 Å². The summed E-state index contributed by atoms with van der Waals surface area (Å²) in [5, 5.41) is 5.81. The molecule has 0 saturated carbocycles. The molecule has 4 rings (SSSR count).